The van der Waals surface area contributed by atoms with Crippen molar-refractivity contribution < 1.29 is 9.53 Å². The standard InChI is InChI=1S/C17H26N2O2/c1-12(2)13-7-9-17(10-8-13,16(18)20)19-14-5-4-6-15(11-14)21-3/h4-6,11-13,19H,7-10H2,1-3H3,(H2,18,20). The molecule has 0 aliphatic heterocycles. The van der Waals surface area contributed by atoms with Gasteiger partial charge in [-0.25, -0.2) is 0 Å². The Bertz CT molecular complexity index is 491. The summed E-state index contributed by atoms with van der Waals surface area (Å²) in [6, 6.07) is 7.65. The maximum atomic E-state index is 12.0. The number of carbonyl (C=O) groups is 1. The highest BCUT2D eigenvalue weighted by molar-refractivity contribution is 5.88. The van der Waals surface area contributed by atoms with Crippen molar-refractivity contribution in [3.05, 3.63) is 24.3 Å². The number of hydrogen-bond acceptors (Lipinski definition) is 3. The molecule has 4 nitrogen and oxygen atoms in total. The van der Waals surface area contributed by atoms with Gasteiger partial charge in [-0.2, -0.15) is 0 Å². The van der Waals surface area contributed by atoms with Crippen LogP contribution in [-0.4, -0.2) is 18.6 Å². The van der Waals surface area contributed by atoms with Gasteiger partial charge in [0.2, 0.25) is 5.91 Å². The number of amides is 1. The molecule has 2 rings (SSSR count). The third-order valence-corrected chi connectivity index (χ3v) is 4.75. The topological polar surface area (TPSA) is 64.3 Å². The molecule has 1 saturated carbocycles. The molecule has 1 aliphatic carbocycles. The lowest BCUT2D eigenvalue weighted by Crippen LogP contribution is -2.53. The minimum absolute atomic E-state index is 0.257. The predicted molar refractivity (Wildman–Crippen MR) is 85.3 cm³/mol. The van der Waals surface area contributed by atoms with Crippen molar-refractivity contribution >= 4 is 11.6 Å². The largest absolute Gasteiger partial charge is 0.497 e. The molecule has 1 aliphatic rings. The molecule has 3 N–H and O–H groups in total. The summed E-state index contributed by atoms with van der Waals surface area (Å²) in [7, 11) is 1.64. The van der Waals surface area contributed by atoms with Gasteiger partial charge in [0.05, 0.1) is 7.11 Å². The quantitative estimate of drug-likeness (QED) is 0.875. The number of carbonyl (C=O) groups excluding carboxylic acids is 1. The number of ether oxygens (including phenoxy) is 1. The lowest BCUT2D eigenvalue weighted by Gasteiger charge is -2.40. The molecular formula is C17H26N2O2. The van der Waals surface area contributed by atoms with Crippen molar-refractivity contribution in [1.82, 2.24) is 0 Å². The van der Waals surface area contributed by atoms with E-state index in [1.807, 2.05) is 24.3 Å². The van der Waals surface area contributed by atoms with Crippen LogP contribution in [0.4, 0.5) is 5.69 Å². The van der Waals surface area contributed by atoms with Gasteiger partial charge in [-0.15, -0.1) is 0 Å². The average molecular weight is 290 g/mol. The van der Waals surface area contributed by atoms with Gasteiger partial charge in [-0.05, 0) is 49.7 Å². The maximum absolute atomic E-state index is 12.0. The van der Waals surface area contributed by atoms with Gasteiger partial charge in [0.25, 0.3) is 0 Å². The summed E-state index contributed by atoms with van der Waals surface area (Å²) >= 11 is 0. The van der Waals surface area contributed by atoms with Crippen molar-refractivity contribution in [2.75, 3.05) is 12.4 Å². The monoisotopic (exact) mass is 290 g/mol. The molecule has 0 spiro atoms. The Kier molecular flexibility index (Phi) is 4.76. The molecule has 116 valence electrons. The van der Waals surface area contributed by atoms with Gasteiger partial charge in [-0.1, -0.05) is 19.9 Å². The molecule has 1 fully saturated rings. The number of anilines is 1. The first-order valence-corrected chi connectivity index (χ1v) is 7.69. The zero-order chi connectivity index (χ0) is 15.5. The molecule has 0 aromatic heterocycles. The molecule has 0 bridgehead atoms. The summed E-state index contributed by atoms with van der Waals surface area (Å²) in [5.41, 5.74) is 5.97. The lowest BCUT2D eigenvalue weighted by molar-refractivity contribution is -0.123. The highest BCUT2D eigenvalue weighted by Gasteiger charge is 2.40. The first-order valence-electron chi connectivity index (χ1n) is 7.69. The summed E-state index contributed by atoms with van der Waals surface area (Å²) in [6.45, 7) is 4.49. The van der Waals surface area contributed by atoms with E-state index in [1.54, 1.807) is 7.11 Å². The van der Waals surface area contributed by atoms with E-state index in [0.717, 1.165) is 37.1 Å². The molecule has 1 amide bonds. The highest BCUT2D eigenvalue weighted by Crippen LogP contribution is 2.38. The summed E-state index contributed by atoms with van der Waals surface area (Å²) < 4.78 is 5.23. The predicted octanol–water partition coefficient (Wildman–Crippen LogP) is 3.18. The van der Waals surface area contributed by atoms with E-state index < -0.39 is 5.54 Å². The molecule has 4 heteroatoms. The number of primary amides is 1. The Hall–Kier alpha value is -1.71. The number of nitrogens with two attached hydrogens (primary N) is 1. The minimum atomic E-state index is -0.627. The van der Waals surface area contributed by atoms with E-state index in [-0.39, 0.29) is 5.91 Å². The number of rotatable bonds is 5. The van der Waals surface area contributed by atoms with Crippen LogP contribution in [0, 0.1) is 11.8 Å². The van der Waals surface area contributed by atoms with Crippen LogP contribution in [0.2, 0.25) is 0 Å². The van der Waals surface area contributed by atoms with Gasteiger partial charge >= 0.3 is 0 Å². The highest BCUT2D eigenvalue weighted by atomic mass is 16.5. The van der Waals surface area contributed by atoms with Crippen molar-refractivity contribution in [3.8, 4) is 5.75 Å². The van der Waals surface area contributed by atoms with Crippen LogP contribution in [-0.2, 0) is 4.79 Å². The number of nitrogens with one attached hydrogen (secondary N) is 1. The summed E-state index contributed by atoms with van der Waals surface area (Å²) in [6.07, 6.45) is 3.67. The van der Waals surface area contributed by atoms with Gasteiger partial charge in [0.15, 0.2) is 0 Å². The fraction of sp³-hybridized carbons (Fsp3) is 0.588. The Morgan fingerprint density at radius 3 is 2.57 bits per heavy atom. The second-order valence-corrected chi connectivity index (χ2v) is 6.38. The van der Waals surface area contributed by atoms with Gasteiger partial charge < -0.3 is 15.8 Å². The molecule has 1 aromatic rings. The van der Waals surface area contributed by atoms with Gasteiger partial charge in [0.1, 0.15) is 11.3 Å². The normalized spacial score (nSPS) is 25.6. The lowest BCUT2D eigenvalue weighted by atomic mass is 9.72. The van der Waals surface area contributed by atoms with E-state index >= 15 is 0 Å². The van der Waals surface area contributed by atoms with Crippen molar-refractivity contribution in [3.63, 3.8) is 0 Å². The molecule has 0 radical (unpaired) electrons. The van der Waals surface area contributed by atoms with Crippen LogP contribution in [0.25, 0.3) is 0 Å². The first kappa shape index (κ1) is 15.7. The maximum Gasteiger partial charge on any atom is 0.243 e. The van der Waals surface area contributed by atoms with Crippen LogP contribution >= 0.6 is 0 Å². The van der Waals surface area contributed by atoms with Gasteiger partial charge in [-0.3, -0.25) is 4.79 Å². The van der Waals surface area contributed by atoms with Crippen molar-refractivity contribution in [2.45, 2.75) is 45.1 Å². The first-order chi connectivity index (χ1) is 9.97. The van der Waals surface area contributed by atoms with E-state index in [1.165, 1.54) is 0 Å². The zero-order valence-electron chi connectivity index (χ0n) is 13.2. The van der Waals surface area contributed by atoms with Gasteiger partial charge in [0, 0.05) is 11.8 Å². The number of benzene rings is 1. The number of methoxy groups -OCH3 is 1. The minimum Gasteiger partial charge on any atom is -0.497 e. The molecule has 21 heavy (non-hydrogen) atoms. The summed E-state index contributed by atoms with van der Waals surface area (Å²) in [5, 5.41) is 3.37. The average Bonchev–Trinajstić information content (AvgIpc) is 2.47. The SMILES string of the molecule is COc1cccc(NC2(C(N)=O)CCC(C(C)C)CC2)c1. The van der Waals surface area contributed by atoms with Crippen LogP contribution in [0.1, 0.15) is 39.5 Å². The van der Waals surface area contributed by atoms with Crippen molar-refractivity contribution in [1.29, 1.82) is 0 Å². The van der Waals surface area contributed by atoms with E-state index in [2.05, 4.69) is 19.2 Å². The van der Waals surface area contributed by atoms with E-state index in [9.17, 15) is 4.79 Å². The third-order valence-electron chi connectivity index (χ3n) is 4.75. The molecule has 0 heterocycles. The Morgan fingerprint density at radius 1 is 1.38 bits per heavy atom. The van der Waals surface area contributed by atoms with Crippen LogP contribution in [0.15, 0.2) is 24.3 Å². The third kappa shape index (κ3) is 3.49. The Balaban J connectivity index is 2.14. The summed E-state index contributed by atoms with van der Waals surface area (Å²) in [4.78, 5) is 12.0. The van der Waals surface area contributed by atoms with E-state index in [4.69, 9.17) is 10.5 Å². The molecule has 1 aromatic carbocycles. The molecule has 0 atom stereocenters. The van der Waals surface area contributed by atoms with Crippen LogP contribution < -0.4 is 15.8 Å². The molecule has 0 saturated heterocycles. The smallest absolute Gasteiger partial charge is 0.243 e. The fourth-order valence-corrected chi connectivity index (χ4v) is 3.21. The molecular weight excluding hydrogens is 264 g/mol. The second-order valence-electron chi connectivity index (χ2n) is 6.38. The Morgan fingerprint density at radius 2 is 2.05 bits per heavy atom. The van der Waals surface area contributed by atoms with Crippen LogP contribution in [0.5, 0.6) is 5.75 Å². The van der Waals surface area contributed by atoms with E-state index in [0.29, 0.717) is 11.8 Å². The summed E-state index contributed by atoms with van der Waals surface area (Å²) in [5.74, 6) is 1.86. The zero-order valence-corrected chi connectivity index (χ0v) is 13.2. The van der Waals surface area contributed by atoms with Crippen LogP contribution in [0.3, 0.4) is 0 Å². The fourth-order valence-electron chi connectivity index (χ4n) is 3.21. The number of hydrogen-bond donors (Lipinski definition) is 2. The Labute approximate surface area is 127 Å². The van der Waals surface area contributed by atoms with Crippen molar-refractivity contribution in [2.24, 2.45) is 17.6 Å². The second kappa shape index (κ2) is 6.37. The molecule has 0 unspecified atom stereocenters.